The standard InChI is InChI=1S/C35H42N2O5.ClH/c1-35(2,3)26-11-15-28(16-12-26)42-32(34(39)40)19-24-9-13-27(14-10-24)41-18-17-36-33(38)20-29-30-22-37(23-31(29)30)21-25-7-5-4-6-8-25;/h4-16,29-32H,17-23H2,1-3H3,(H,36,38)(H,39,40);1H/t29-,30-,31?,32+;/m1./s1. The number of hydrogen-bond donors (Lipinski definition) is 2. The highest BCUT2D eigenvalue weighted by Gasteiger charge is 2.55. The van der Waals surface area contributed by atoms with Crippen molar-refractivity contribution < 1.29 is 24.2 Å². The summed E-state index contributed by atoms with van der Waals surface area (Å²) in [5, 5.41) is 12.7. The number of fused-ring (bicyclic) bond motifs is 1. The molecule has 3 aromatic carbocycles. The van der Waals surface area contributed by atoms with Gasteiger partial charge < -0.3 is 19.9 Å². The van der Waals surface area contributed by atoms with Crippen molar-refractivity contribution in [2.24, 2.45) is 17.8 Å². The number of nitrogens with one attached hydrogen (secondary N) is 1. The van der Waals surface area contributed by atoms with Gasteiger partial charge in [0, 0.05) is 32.5 Å². The van der Waals surface area contributed by atoms with Crippen molar-refractivity contribution in [1.82, 2.24) is 10.2 Å². The summed E-state index contributed by atoms with van der Waals surface area (Å²) >= 11 is 0. The first-order chi connectivity index (χ1) is 20.2. The molecule has 0 bridgehead atoms. The van der Waals surface area contributed by atoms with Gasteiger partial charge in [0.25, 0.3) is 0 Å². The Balaban J connectivity index is 0.00000423. The zero-order valence-corrected chi connectivity index (χ0v) is 26.0. The summed E-state index contributed by atoms with van der Waals surface area (Å²) in [6, 6.07) is 25.5. The van der Waals surface area contributed by atoms with Crippen LogP contribution in [0.2, 0.25) is 0 Å². The number of benzene rings is 3. The fourth-order valence-corrected chi connectivity index (χ4v) is 5.97. The predicted octanol–water partition coefficient (Wildman–Crippen LogP) is 5.74. The minimum atomic E-state index is -1.01. The molecule has 4 atom stereocenters. The molecule has 1 saturated heterocycles. The van der Waals surface area contributed by atoms with E-state index in [1.807, 2.05) is 54.6 Å². The molecule has 7 nitrogen and oxygen atoms in total. The number of aliphatic carboxylic acids is 1. The molecule has 2 aliphatic rings. The molecule has 0 radical (unpaired) electrons. The van der Waals surface area contributed by atoms with Gasteiger partial charge in [0.1, 0.15) is 18.1 Å². The molecule has 1 unspecified atom stereocenters. The van der Waals surface area contributed by atoms with Gasteiger partial charge in [0.15, 0.2) is 6.10 Å². The summed E-state index contributed by atoms with van der Waals surface area (Å²) in [7, 11) is 0. The Kier molecular flexibility index (Phi) is 10.7. The lowest BCUT2D eigenvalue weighted by molar-refractivity contribution is -0.145. The third-order valence-corrected chi connectivity index (χ3v) is 8.43. The van der Waals surface area contributed by atoms with Gasteiger partial charge in [-0.05, 0) is 64.1 Å². The van der Waals surface area contributed by atoms with Crippen LogP contribution < -0.4 is 14.8 Å². The Morgan fingerprint density at radius 1 is 0.907 bits per heavy atom. The van der Waals surface area contributed by atoms with Crippen LogP contribution >= 0.6 is 12.4 Å². The van der Waals surface area contributed by atoms with Gasteiger partial charge in [-0.3, -0.25) is 9.69 Å². The highest BCUT2D eigenvalue weighted by atomic mass is 35.5. The quantitative estimate of drug-likeness (QED) is 0.241. The number of ether oxygens (including phenoxy) is 2. The number of carboxylic acids is 1. The Bertz CT molecular complexity index is 1330. The molecule has 5 rings (SSSR count). The van der Waals surface area contributed by atoms with E-state index in [9.17, 15) is 14.7 Å². The zero-order valence-electron chi connectivity index (χ0n) is 25.2. The van der Waals surface area contributed by atoms with Crippen LogP contribution in [0.4, 0.5) is 0 Å². The van der Waals surface area contributed by atoms with Crippen LogP contribution in [0.5, 0.6) is 11.5 Å². The Labute approximate surface area is 261 Å². The van der Waals surface area contributed by atoms with E-state index < -0.39 is 12.1 Å². The molecule has 43 heavy (non-hydrogen) atoms. The Morgan fingerprint density at radius 3 is 2.14 bits per heavy atom. The second kappa shape index (κ2) is 14.3. The minimum Gasteiger partial charge on any atom is -0.492 e. The third kappa shape index (κ3) is 8.97. The van der Waals surface area contributed by atoms with Crippen molar-refractivity contribution in [1.29, 1.82) is 0 Å². The number of rotatable bonds is 13. The molecule has 230 valence electrons. The number of hydrogen-bond acceptors (Lipinski definition) is 5. The minimum absolute atomic E-state index is 0. The Morgan fingerprint density at radius 2 is 1.53 bits per heavy atom. The second-order valence-corrected chi connectivity index (χ2v) is 12.6. The number of piperidine rings is 1. The van der Waals surface area contributed by atoms with E-state index >= 15 is 0 Å². The first-order valence-corrected chi connectivity index (χ1v) is 14.9. The summed E-state index contributed by atoms with van der Waals surface area (Å²) < 4.78 is 11.6. The first-order valence-electron chi connectivity index (χ1n) is 14.9. The molecule has 0 spiro atoms. The van der Waals surface area contributed by atoms with Crippen LogP contribution in [0.25, 0.3) is 0 Å². The summed E-state index contributed by atoms with van der Waals surface area (Å²) in [6.07, 6.45) is -0.165. The number of likely N-dealkylation sites (tertiary alicyclic amines) is 1. The zero-order chi connectivity index (χ0) is 29.7. The molecular weight excluding hydrogens is 564 g/mol. The lowest BCUT2D eigenvalue weighted by atomic mass is 9.87. The van der Waals surface area contributed by atoms with Gasteiger partial charge >= 0.3 is 5.97 Å². The van der Waals surface area contributed by atoms with E-state index in [-0.39, 0.29) is 30.2 Å². The Hall–Kier alpha value is -3.55. The fourth-order valence-electron chi connectivity index (χ4n) is 5.97. The molecule has 1 saturated carbocycles. The normalized spacial score (nSPS) is 19.9. The highest BCUT2D eigenvalue weighted by molar-refractivity contribution is 5.85. The van der Waals surface area contributed by atoms with E-state index in [1.54, 1.807) is 0 Å². The van der Waals surface area contributed by atoms with Crippen LogP contribution in [0.1, 0.15) is 43.9 Å². The first kappa shape index (κ1) is 32.4. The van der Waals surface area contributed by atoms with Gasteiger partial charge in [0.2, 0.25) is 5.91 Å². The number of nitrogens with zero attached hydrogens (tertiary/aromatic N) is 1. The van der Waals surface area contributed by atoms with Crippen LogP contribution in [-0.2, 0) is 28.0 Å². The van der Waals surface area contributed by atoms with E-state index in [1.165, 1.54) is 5.56 Å². The third-order valence-electron chi connectivity index (χ3n) is 8.43. The number of carbonyl (C=O) groups excluding carboxylic acids is 1. The van der Waals surface area contributed by atoms with E-state index in [2.05, 4.69) is 55.3 Å². The van der Waals surface area contributed by atoms with Gasteiger partial charge in [-0.1, -0.05) is 75.4 Å². The number of carboxylic acid groups (broad SMARTS) is 1. The predicted molar refractivity (Wildman–Crippen MR) is 170 cm³/mol. The van der Waals surface area contributed by atoms with Crippen molar-refractivity contribution in [3.8, 4) is 11.5 Å². The molecule has 3 aromatic rings. The molecule has 2 fully saturated rings. The summed E-state index contributed by atoms with van der Waals surface area (Å²) in [6.45, 7) is 10.4. The van der Waals surface area contributed by atoms with Crippen LogP contribution in [-0.4, -0.2) is 54.2 Å². The number of halogens is 1. The maximum atomic E-state index is 12.5. The maximum absolute atomic E-state index is 12.5. The summed E-state index contributed by atoms with van der Waals surface area (Å²) in [5.41, 5.74) is 3.36. The topological polar surface area (TPSA) is 88.1 Å². The van der Waals surface area contributed by atoms with Crippen molar-refractivity contribution in [3.63, 3.8) is 0 Å². The SMILES string of the molecule is CC(C)(C)c1ccc(O[C@@H](Cc2ccc(OCCNC(=O)C[C@H]3C4CN(Cc5ccccc5)C[C@@H]43)cc2)C(=O)O)cc1.Cl. The maximum Gasteiger partial charge on any atom is 0.345 e. The summed E-state index contributed by atoms with van der Waals surface area (Å²) in [5.74, 6) is 2.10. The lowest BCUT2D eigenvalue weighted by Gasteiger charge is -2.20. The fraction of sp³-hybridized carbons (Fsp3) is 0.429. The van der Waals surface area contributed by atoms with Gasteiger partial charge in [0.05, 0.1) is 6.54 Å². The van der Waals surface area contributed by atoms with Crippen LogP contribution in [0.3, 0.4) is 0 Å². The van der Waals surface area contributed by atoms with Crippen LogP contribution in [0.15, 0.2) is 78.9 Å². The van der Waals surface area contributed by atoms with Crippen molar-refractivity contribution in [3.05, 3.63) is 95.6 Å². The average Bonchev–Trinajstić information content (AvgIpc) is 3.39. The summed E-state index contributed by atoms with van der Waals surface area (Å²) in [4.78, 5) is 26.8. The van der Waals surface area contributed by atoms with Gasteiger partial charge in [-0.25, -0.2) is 4.79 Å². The van der Waals surface area contributed by atoms with E-state index in [4.69, 9.17) is 9.47 Å². The van der Waals surface area contributed by atoms with Crippen molar-refractivity contribution in [2.75, 3.05) is 26.2 Å². The molecule has 1 aliphatic heterocycles. The molecular formula is C35H43ClN2O5. The smallest absolute Gasteiger partial charge is 0.345 e. The average molecular weight is 607 g/mol. The van der Waals surface area contributed by atoms with Crippen molar-refractivity contribution >= 4 is 24.3 Å². The second-order valence-electron chi connectivity index (χ2n) is 12.6. The molecule has 1 heterocycles. The number of amides is 1. The molecule has 1 aliphatic carbocycles. The highest BCUT2D eigenvalue weighted by Crippen LogP contribution is 2.53. The van der Waals surface area contributed by atoms with Gasteiger partial charge in [-0.15, -0.1) is 12.4 Å². The molecule has 8 heteroatoms. The van der Waals surface area contributed by atoms with Gasteiger partial charge in [-0.2, -0.15) is 0 Å². The van der Waals surface area contributed by atoms with Crippen LogP contribution in [0, 0.1) is 17.8 Å². The molecule has 0 aromatic heterocycles. The lowest BCUT2D eigenvalue weighted by Crippen LogP contribution is -2.30. The van der Waals surface area contributed by atoms with E-state index in [0.717, 1.165) is 30.8 Å². The largest absolute Gasteiger partial charge is 0.492 e. The monoisotopic (exact) mass is 606 g/mol. The molecule has 2 N–H and O–H groups in total. The number of carbonyl (C=O) groups is 2. The molecule has 1 amide bonds. The van der Waals surface area contributed by atoms with Crippen molar-refractivity contribution in [2.45, 2.75) is 51.7 Å². The van der Waals surface area contributed by atoms with E-state index in [0.29, 0.717) is 48.8 Å².